The first-order valence-corrected chi connectivity index (χ1v) is 38.9. The molecule has 9 aromatic rings. The monoisotopic (exact) mass is 1730 g/mol. The van der Waals surface area contributed by atoms with Gasteiger partial charge in [-0.2, -0.15) is 10.1 Å². The van der Waals surface area contributed by atoms with Crippen molar-refractivity contribution in [1.82, 2.24) is 66.8 Å². The summed E-state index contributed by atoms with van der Waals surface area (Å²) in [5.74, 6) is -14.8. The Kier molecular flexibility index (Phi) is 29.9. The van der Waals surface area contributed by atoms with Gasteiger partial charge in [0.1, 0.15) is 47.3 Å². The highest BCUT2D eigenvalue weighted by Gasteiger charge is 2.41. The summed E-state index contributed by atoms with van der Waals surface area (Å²) in [6, 6.07) is 19.3. The summed E-state index contributed by atoms with van der Waals surface area (Å²) in [4.78, 5) is 230. The summed E-state index contributed by atoms with van der Waals surface area (Å²) in [6.07, 6.45) is -1.46. The molecular formula is C78H81ClN22O21S. The van der Waals surface area contributed by atoms with E-state index in [0.29, 0.717) is 69.0 Å². The molecule has 0 saturated carbocycles. The first-order valence-electron chi connectivity index (χ1n) is 37.3. The number of thioether (sulfide) groups is 1. The first kappa shape index (κ1) is 90.0. The number of alkyl halides is 1. The van der Waals surface area contributed by atoms with Gasteiger partial charge in [0.25, 0.3) is 23.3 Å². The number of carboxylic acid groups (broad SMARTS) is 4. The quantitative estimate of drug-likeness (QED) is 0.00306. The van der Waals surface area contributed by atoms with E-state index in [4.69, 9.17) is 33.5 Å². The molecule has 1 saturated heterocycles. The van der Waals surface area contributed by atoms with Gasteiger partial charge >= 0.3 is 35.9 Å². The lowest BCUT2D eigenvalue weighted by Crippen LogP contribution is -2.58. The number of guanidine groups is 1. The Morgan fingerprint density at radius 2 is 1.32 bits per heavy atom. The van der Waals surface area contributed by atoms with Crippen LogP contribution in [-0.4, -0.2) is 224 Å². The van der Waals surface area contributed by atoms with Crippen molar-refractivity contribution >= 4 is 198 Å². The van der Waals surface area contributed by atoms with Crippen LogP contribution in [0.3, 0.4) is 0 Å². The van der Waals surface area contributed by atoms with Crippen LogP contribution in [-0.2, 0) is 59.3 Å². The smallest absolute Gasteiger partial charge is 0.339 e. The third-order valence-corrected chi connectivity index (χ3v) is 20.5. The number of rotatable bonds is 37. The number of nitrogens with two attached hydrogens (primary N) is 3. The van der Waals surface area contributed by atoms with Crippen LogP contribution in [0.15, 0.2) is 137 Å². The molecule has 0 radical (unpaired) electrons. The number of anilines is 5. The van der Waals surface area contributed by atoms with Crippen LogP contribution in [0.25, 0.3) is 43.7 Å². The average Bonchev–Trinajstić information content (AvgIpc) is 1.61. The van der Waals surface area contributed by atoms with Gasteiger partial charge in [-0.15, -0.1) is 29.9 Å². The lowest BCUT2D eigenvalue weighted by Gasteiger charge is -2.25. The van der Waals surface area contributed by atoms with E-state index < -0.39 is 150 Å². The highest BCUT2D eigenvalue weighted by atomic mass is 35.5. The third kappa shape index (κ3) is 23.6. The third-order valence-electron chi connectivity index (χ3n) is 18.8. The van der Waals surface area contributed by atoms with Crippen molar-refractivity contribution in [3.63, 3.8) is 0 Å². The van der Waals surface area contributed by atoms with E-state index in [0.717, 1.165) is 43.8 Å². The minimum absolute atomic E-state index is 0.00929. The Morgan fingerprint density at radius 3 is 1.94 bits per heavy atom. The number of carboxylic acids is 4. The normalized spacial score (nSPS) is 14.5. The number of nitrogens with one attached hydrogen (secondary N) is 12. The second kappa shape index (κ2) is 40.9. The zero-order valence-corrected chi connectivity index (χ0v) is 66.6. The second-order valence-corrected chi connectivity index (χ2v) is 29.2. The molecule has 0 bridgehead atoms. The van der Waals surface area contributed by atoms with Crippen molar-refractivity contribution in [2.24, 2.45) is 21.6 Å². The molecule has 0 aliphatic carbocycles. The van der Waals surface area contributed by atoms with Gasteiger partial charge in [0.15, 0.2) is 17.1 Å². The lowest BCUT2D eigenvalue weighted by atomic mass is 9.95. The number of likely N-dealkylation sites (tertiary alicyclic amines) is 1. The standard InChI is InChI=1S/C43H53N15O16S.C35H28ClN7O5/c1-2-12-58-29(60)15-27(39(58)70)75-18-26(41(73)74)55-37(68)25(14-31(63)64)54-35(66)22(4-3-11-47-42(44)45)52-36(67)24(13-30(61)62)51-28(59)10-9-23(40(71)72)53-34(65)19-5-7-20(8-6-19)48-16-21-17-49-33-32(50-21)38(69)57-43(46)56-33;1-18(44)48-31-15-30-32(25-6-4-3-5-24(25)31)21(16-36)17-43(30)34(46)29-14-20-11-22(7-9-27(20)41-29)38-33(45)28-13-19-12-23(8-10-26(19)40-28)39-35(47)42-37-2/h2,5-8,17,22-27,48H,1,3-4,9-16,18H2,(H,51,59)(H,52,67)(H,53,65)(H,54,66)(H,55,68)(H,61,62)(H,63,64)(H,71,72)(H,73,74)(H4,44,45,47)(H3,46,49,56,57,69);3-15,21,40-41H,2,16-17H2,1H3,(H,38,45)(H2,39,42,47)/t22-,23-,24-,25-,26-,27?;/m0./s1. The van der Waals surface area contributed by atoms with Crippen molar-refractivity contribution in [3.8, 4) is 5.75 Å². The molecule has 45 heteroatoms. The van der Waals surface area contributed by atoms with Crippen LogP contribution in [0.2, 0.25) is 0 Å². The van der Waals surface area contributed by atoms with E-state index in [1.165, 1.54) is 43.5 Å². The van der Waals surface area contributed by atoms with E-state index in [9.17, 15) is 97.1 Å². The molecule has 1 fully saturated rings. The maximum absolute atomic E-state index is 14.0. The fraction of sp³-hybridized carbons (Fsp3) is 0.269. The maximum Gasteiger partial charge on any atom is 0.339 e. The molecule has 7 atom stereocenters. The molecule has 123 heavy (non-hydrogen) atoms. The highest BCUT2D eigenvalue weighted by molar-refractivity contribution is 8.00. The number of aromatic nitrogens is 6. The number of amides is 11. The number of hydrogen-bond donors (Lipinski definition) is 19. The molecule has 642 valence electrons. The predicted octanol–water partition coefficient (Wildman–Crippen LogP) is 2.64. The van der Waals surface area contributed by atoms with Crippen LogP contribution >= 0.6 is 23.4 Å². The maximum atomic E-state index is 14.0. The molecule has 4 aromatic heterocycles. The molecule has 43 nitrogen and oxygen atoms in total. The van der Waals surface area contributed by atoms with Crippen molar-refractivity contribution in [1.29, 1.82) is 0 Å². The summed E-state index contributed by atoms with van der Waals surface area (Å²) in [7, 11) is 0. The Balaban J connectivity index is 0.000000281. The Bertz CT molecular complexity index is 5800. The number of H-pyrrole nitrogens is 3. The van der Waals surface area contributed by atoms with Gasteiger partial charge < -0.3 is 99.8 Å². The molecule has 5 aromatic carbocycles. The topological polar surface area (TPSA) is 667 Å². The van der Waals surface area contributed by atoms with Crippen LogP contribution in [0, 0.1) is 0 Å². The summed E-state index contributed by atoms with van der Waals surface area (Å²) in [5, 5.41) is 63.8. The number of urea groups is 1. The second-order valence-electron chi connectivity index (χ2n) is 27.6. The lowest BCUT2D eigenvalue weighted by molar-refractivity contribution is -0.143. The summed E-state index contributed by atoms with van der Waals surface area (Å²) in [6.45, 7) is 8.27. The molecule has 11 rings (SSSR count). The number of nitrogen functional groups attached to an aromatic ring is 1. The number of hydrogen-bond acceptors (Lipinski definition) is 25. The van der Waals surface area contributed by atoms with E-state index in [1.54, 1.807) is 59.5 Å². The molecular weight excluding hydrogens is 1650 g/mol. The van der Waals surface area contributed by atoms with Crippen LogP contribution < -0.4 is 80.4 Å². The zero-order chi connectivity index (χ0) is 89.0. The largest absolute Gasteiger partial charge is 0.481 e. The van der Waals surface area contributed by atoms with E-state index in [1.807, 2.05) is 24.3 Å². The van der Waals surface area contributed by atoms with Crippen molar-refractivity contribution in [2.45, 2.75) is 99.8 Å². The number of ether oxygens (including phenoxy) is 1. The molecule has 2 aliphatic heterocycles. The van der Waals surface area contributed by atoms with Gasteiger partial charge in [-0.05, 0) is 103 Å². The highest BCUT2D eigenvalue weighted by Crippen LogP contribution is 2.46. The van der Waals surface area contributed by atoms with Gasteiger partial charge in [0.2, 0.25) is 41.4 Å². The number of esters is 1. The number of benzene rings is 5. The van der Waals surface area contributed by atoms with E-state index in [-0.39, 0.29) is 85.3 Å². The average molecular weight is 1730 g/mol. The molecule has 2 unspecified atom stereocenters. The predicted molar refractivity (Wildman–Crippen MR) is 448 cm³/mol. The Labute approximate surface area is 703 Å². The Morgan fingerprint density at radius 1 is 0.707 bits per heavy atom. The fourth-order valence-electron chi connectivity index (χ4n) is 13.1. The number of aromatic amines is 3. The van der Waals surface area contributed by atoms with Gasteiger partial charge in [-0.25, -0.2) is 29.8 Å². The number of halogens is 1. The van der Waals surface area contributed by atoms with Crippen molar-refractivity contribution in [3.05, 3.63) is 161 Å². The summed E-state index contributed by atoms with van der Waals surface area (Å²) < 4.78 is 5.55. The van der Waals surface area contributed by atoms with Crippen LogP contribution in [0.1, 0.15) is 100 Å². The van der Waals surface area contributed by atoms with E-state index in [2.05, 4.69) is 101 Å². The molecule has 2 aliphatic rings. The number of carbonyl (C=O) groups excluding carboxylic acids is 11. The van der Waals surface area contributed by atoms with Crippen LogP contribution in [0.5, 0.6) is 5.75 Å². The minimum atomic E-state index is -2.00. The number of imide groups is 1. The molecule has 6 heterocycles. The zero-order valence-electron chi connectivity index (χ0n) is 65.0. The molecule has 0 spiro atoms. The fourth-order valence-corrected chi connectivity index (χ4v) is 14.5. The number of aliphatic carboxylic acids is 4. The van der Waals surface area contributed by atoms with Crippen LogP contribution in [0.4, 0.5) is 33.5 Å². The van der Waals surface area contributed by atoms with Gasteiger partial charge in [-0.3, -0.25) is 77.2 Å². The first-order chi connectivity index (χ1) is 58.7. The number of hydrazone groups is 1. The minimum Gasteiger partial charge on any atom is -0.481 e. The van der Waals surface area contributed by atoms with Crippen molar-refractivity contribution < 1.29 is 97.1 Å². The number of carbonyl (C=O) groups is 15. The van der Waals surface area contributed by atoms with Crippen molar-refractivity contribution in [2.75, 3.05) is 57.9 Å². The van der Waals surface area contributed by atoms with Gasteiger partial charge in [-0.1, -0.05) is 30.3 Å². The van der Waals surface area contributed by atoms with Gasteiger partial charge in [0, 0.05) is 120 Å². The molecule has 22 N–H and O–H groups in total. The SMILES string of the molecule is C=CCN1C(=O)CC(SC[C@H](NC(=O)[C@H](CC(=O)O)NC(=O)[C@H](CCCN=C(N)N)NC(=O)[C@H](CC(=O)O)NC(=O)CC[C@H](NC(=O)c2ccc(NCc3cnc4nc(N)[nH]c(=O)c4n3)cc2)C(=O)O)C(=O)O)C1=O.C=NNC(=O)Nc1ccc2[nH]c(C(=O)Nc3ccc4[nH]c(C(=O)N5CC(CCl)c6c5cc(OC(C)=O)c5ccccc65)cc4c3)cc2c1. The number of fused-ring (bicyclic) bond motifs is 6. The summed E-state index contributed by atoms with van der Waals surface area (Å²) >= 11 is 7.15. The summed E-state index contributed by atoms with van der Waals surface area (Å²) in [5.41, 5.74) is 23.5. The molecule has 11 amide bonds. The number of aliphatic imine (C=N–C) groups is 1. The van der Waals surface area contributed by atoms with Gasteiger partial charge in [0.05, 0.1) is 42.2 Å². The van der Waals surface area contributed by atoms with E-state index >= 15 is 0 Å². The number of nitrogens with zero attached hydrogens (tertiary/aromatic N) is 7. The Hall–Kier alpha value is -15.4.